The number of aromatic nitrogens is 4. The summed E-state index contributed by atoms with van der Waals surface area (Å²) in [6.07, 6.45) is 2.85. The number of hydrogen-bond acceptors (Lipinski definition) is 5. The van der Waals surface area contributed by atoms with Gasteiger partial charge < -0.3 is 9.73 Å². The Bertz CT molecular complexity index is 782. The van der Waals surface area contributed by atoms with Crippen molar-refractivity contribution < 1.29 is 9.21 Å². The summed E-state index contributed by atoms with van der Waals surface area (Å²) in [4.78, 5) is 12.1. The third kappa shape index (κ3) is 2.63. The van der Waals surface area contributed by atoms with Crippen molar-refractivity contribution in [2.75, 3.05) is 5.32 Å². The van der Waals surface area contributed by atoms with E-state index in [1.807, 2.05) is 13.0 Å². The van der Waals surface area contributed by atoms with Gasteiger partial charge in [-0.05, 0) is 52.7 Å². The smallest absolute Gasteiger partial charge is 0.260 e. The first kappa shape index (κ1) is 13.3. The van der Waals surface area contributed by atoms with Gasteiger partial charge in [-0.1, -0.05) is 6.07 Å². The summed E-state index contributed by atoms with van der Waals surface area (Å²) >= 11 is 5.78. The molecular weight excluding hydrogens is 294 g/mol. The number of anilines is 1. The van der Waals surface area contributed by atoms with Crippen LogP contribution < -0.4 is 5.32 Å². The van der Waals surface area contributed by atoms with Crippen molar-refractivity contribution in [3.63, 3.8) is 0 Å². The van der Waals surface area contributed by atoms with E-state index in [1.165, 1.54) is 23.3 Å². The number of tetrazole rings is 1. The van der Waals surface area contributed by atoms with Crippen molar-refractivity contribution in [1.29, 1.82) is 0 Å². The Morgan fingerprint density at radius 1 is 1.38 bits per heavy atom. The number of amides is 1. The van der Waals surface area contributed by atoms with Gasteiger partial charge in [-0.2, -0.15) is 0 Å². The minimum atomic E-state index is -0.347. The molecule has 3 rings (SSSR count). The molecule has 2 heterocycles. The lowest BCUT2D eigenvalue weighted by Crippen LogP contribution is -2.12. The first-order chi connectivity index (χ1) is 10.1. The molecule has 0 saturated heterocycles. The fraction of sp³-hybridized carbons (Fsp3) is 0.0769. The van der Waals surface area contributed by atoms with Crippen LogP contribution in [0.25, 0.3) is 5.69 Å². The molecular formula is C13H10ClN5O2. The predicted octanol–water partition coefficient (Wildman–Crippen LogP) is 2.47. The highest BCUT2D eigenvalue weighted by Gasteiger charge is 2.14. The van der Waals surface area contributed by atoms with Gasteiger partial charge in [-0.15, -0.1) is 5.10 Å². The van der Waals surface area contributed by atoms with Gasteiger partial charge in [0.1, 0.15) is 6.33 Å². The average Bonchev–Trinajstić information content (AvgIpc) is 3.12. The summed E-state index contributed by atoms with van der Waals surface area (Å²) in [5.74, 6) is -0.347. The van der Waals surface area contributed by atoms with E-state index in [4.69, 9.17) is 16.0 Å². The molecule has 1 aromatic carbocycles. The average molecular weight is 304 g/mol. The second kappa shape index (κ2) is 5.37. The molecule has 0 aliphatic rings. The number of carbonyl (C=O) groups is 1. The van der Waals surface area contributed by atoms with Crippen LogP contribution in [-0.4, -0.2) is 26.1 Å². The van der Waals surface area contributed by atoms with Crippen LogP contribution in [0.1, 0.15) is 15.9 Å². The van der Waals surface area contributed by atoms with E-state index in [1.54, 1.807) is 12.1 Å². The highest BCUT2D eigenvalue weighted by Crippen LogP contribution is 2.21. The van der Waals surface area contributed by atoms with Gasteiger partial charge in [-0.25, -0.2) is 4.68 Å². The molecule has 0 spiro atoms. The Morgan fingerprint density at radius 3 is 2.90 bits per heavy atom. The number of nitrogens with one attached hydrogen (secondary N) is 1. The number of benzene rings is 1. The number of nitrogens with zero attached hydrogens (tertiary/aromatic N) is 4. The Balaban J connectivity index is 1.89. The zero-order valence-electron chi connectivity index (χ0n) is 10.9. The van der Waals surface area contributed by atoms with E-state index in [0.717, 1.165) is 11.3 Å². The van der Waals surface area contributed by atoms with Crippen LogP contribution in [0.5, 0.6) is 0 Å². The molecule has 0 saturated carbocycles. The Labute approximate surface area is 124 Å². The standard InChI is InChI=1S/C13H10ClN5O2/c1-8-2-3-9(6-11(8)19-7-15-17-18-19)16-13(20)10-4-5-21-12(10)14/h2-7H,1H3,(H,16,20). The largest absolute Gasteiger partial charge is 0.452 e. The highest BCUT2D eigenvalue weighted by atomic mass is 35.5. The molecule has 2 aromatic heterocycles. The van der Waals surface area contributed by atoms with Crippen molar-refractivity contribution >= 4 is 23.2 Å². The molecule has 8 heteroatoms. The van der Waals surface area contributed by atoms with E-state index in [9.17, 15) is 4.79 Å². The summed E-state index contributed by atoms with van der Waals surface area (Å²) in [6, 6.07) is 6.93. The lowest BCUT2D eigenvalue weighted by Gasteiger charge is -2.09. The molecule has 106 valence electrons. The third-order valence-electron chi connectivity index (χ3n) is 2.93. The number of hydrogen-bond donors (Lipinski definition) is 1. The molecule has 1 amide bonds. The van der Waals surface area contributed by atoms with Gasteiger partial charge in [0.25, 0.3) is 5.91 Å². The normalized spacial score (nSPS) is 10.6. The van der Waals surface area contributed by atoms with Gasteiger partial charge in [0.2, 0.25) is 5.22 Å². The Hall–Kier alpha value is -2.67. The number of aryl methyl sites for hydroxylation is 1. The van der Waals surface area contributed by atoms with Crippen molar-refractivity contribution in [1.82, 2.24) is 20.2 Å². The second-order valence-electron chi connectivity index (χ2n) is 4.32. The molecule has 21 heavy (non-hydrogen) atoms. The van der Waals surface area contributed by atoms with E-state index in [-0.39, 0.29) is 16.7 Å². The molecule has 0 fully saturated rings. The topological polar surface area (TPSA) is 85.8 Å². The Kier molecular flexibility index (Phi) is 3.41. The SMILES string of the molecule is Cc1ccc(NC(=O)c2ccoc2Cl)cc1-n1cnnn1. The van der Waals surface area contributed by atoms with E-state index in [2.05, 4.69) is 20.8 Å². The summed E-state index contributed by atoms with van der Waals surface area (Å²) in [7, 11) is 0. The van der Waals surface area contributed by atoms with Gasteiger partial charge in [0.15, 0.2) is 0 Å². The maximum absolute atomic E-state index is 12.1. The lowest BCUT2D eigenvalue weighted by atomic mass is 10.1. The van der Waals surface area contributed by atoms with Crippen LogP contribution in [0, 0.1) is 6.92 Å². The zero-order chi connectivity index (χ0) is 14.8. The molecule has 0 aliphatic heterocycles. The molecule has 0 atom stereocenters. The molecule has 0 unspecified atom stereocenters. The summed E-state index contributed by atoms with van der Waals surface area (Å²) in [5.41, 5.74) is 2.63. The van der Waals surface area contributed by atoms with Gasteiger partial charge in [0.05, 0.1) is 17.5 Å². The van der Waals surface area contributed by atoms with Gasteiger partial charge in [0, 0.05) is 5.69 Å². The molecule has 1 N–H and O–H groups in total. The van der Waals surface area contributed by atoms with E-state index in [0.29, 0.717) is 5.69 Å². The third-order valence-corrected chi connectivity index (χ3v) is 3.22. The molecule has 3 aromatic rings. The van der Waals surface area contributed by atoms with Crippen LogP contribution in [0.3, 0.4) is 0 Å². The fourth-order valence-electron chi connectivity index (χ4n) is 1.86. The predicted molar refractivity (Wildman–Crippen MR) is 75.6 cm³/mol. The molecule has 7 nitrogen and oxygen atoms in total. The van der Waals surface area contributed by atoms with Crippen LogP contribution >= 0.6 is 11.6 Å². The number of halogens is 1. The van der Waals surface area contributed by atoms with E-state index >= 15 is 0 Å². The first-order valence-corrected chi connectivity index (χ1v) is 6.41. The van der Waals surface area contributed by atoms with Crippen molar-refractivity contribution in [3.8, 4) is 5.69 Å². The van der Waals surface area contributed by atoms with Crippen molar-refractivity contribution in [2.24, 2.45) is 0 Å². The Morgan fingerprint density at radius 2 is 2.24 bits per heavy atom. The highest BCUT2D eigenvalue weighted by molar-refractivity contribution is 6.32. The minimum Gasteiger partial charge on any atom is -0.452 e. The quantitative estimate of drug-likeness (QED) is 0.803. The van der Waals surface area contributed by atoms with Crippen molar-refractivity contribution in [2.45, 2.75) is 6.92 Å². The lowest BCUT2D eigenvalue weighted by molar-refractivity contribution is 0.102. The van der Waals surface area contributed by atoms with E-state index < -0.39 is 0 Å². The monoisotopic (exact) mass is 303 g/mol. The zero-order valence-corrected chi connectivity index (χ0v) is 11.7. The maximum atomic E-state index is 12.1. The van der Waals surface area contributed by atoms with Crippen LogP contribution in [0.15, 0.2) is 41.3 Å². The van der Waals surface area contributed by atoms with Crippen molar-refractivity contribution in [3.05, 3.63) is 53.2 Å². The number of rotatable bonds is 3. The van der Waals surface area contributed by atoms with Crippen LogP contribution in [-0.2, 0) is 0 Å². The minimum absolute atomic E-state index is 0.0558. The summed E-state index contributed by atoms with van der Waals surface area (Å²) in [5, 5.41) is 13.8. The van der Waals surface area contributed by atoms with Crippen LogP contribution in [0.4, 0.5) is 5.69 Å². The van der Waals surface area contributed by atoms with Gasteiger partial charge >= 0.3 is 0 Å². The fourth-order valence-corrected chi connectivity index (χ4v) is 2.06. The van der Waals surface area contributed by atoms with Crippen LogP contribution in [0.2, 0.25) is 5.22 Å². The summed E-state index contributed by atoms with van der Waals surface area (Å²) < 4.78 is 6.42. The second-order valence-corrected chi connectivity index (χ2v) is 4.66. The first-order valence-electron chi connectivity index (χ1n) is 6.03. The maximum Gasteiger partial charge on any atom is 0.260 e. The number of carbonyl (C=O) groups excluding carboxylic acids is 1. The number of furan rings is 1. The van der Waals surface area contributed by atoms with Gasteiger partial charge in [-0.3, -0.25) is 4.79 Å². The molecule has 0 aliphatic carbocycles. The molecule has 0 bridgehead atoms. The summed E-state index contributed by atoms with van der Waals surface area (Å²) in [6.45, 7) is 1.93. The molecule has 0 radical (unpaired) electrons.